The van der Waals surface area contributed by atoms with Gasteiger partial charge < -0.3 is 5.32 Å². The van der Waals surface area contributed by atoms with E-state index in [-0.39, 0.29) is 11.7 Å². The first-order chi connectivity index (χ1) is 13.0. The van der Waals surface area contributed by atoms with Crippen LogP contribution in [0.25, 0.3) is 10.9 Å². The molecule has 0 atom stereocenters. The maximum Gasteiger partial charge on any atom is 0.234 e. The zero-order valence-corrected chi connectivity index (χ0v) is 16.5. The zero-order valence-electron chi connectivity index (χ0n) is 15.7. The molecule has 0 spiro atoms. The summed E-state index contributed by atoms with van der Waals surface area (Å²) >= 11 is 1.29. The summed E-state index contributed by atoms with van der Waals surface area (Å²) in [6.45, 7) is 6.06. The fraction of sp³-hybridized carbons (Fsp3) is 0.227. The number of nitriles is 1. The second-order valence-corrected chi connectivity index (χ2v) is 7.41. The van der Waals surface area contributed by atoms with E-state index in [2.05, 4.69) is 23.3 Å². The second-order valence-electron chi connectivity index (χ2n) is 6.45. The summed E-state index contributed by atoms with van der Waals surface area (Å²) in [6.07, 6.45) is 0.856. The normalized spacial score (nSPS) is 10.6. The van der Waals surface area contributed by atoms with Gasteiger partial charge in [0.1, 0.15) is 11.1 Å². The van der Waals surface area contributed by atoms with Crippen LogP contribution in [0.1, 0.15) is 29.2 Å². The highest BCUT2D eigenvalue weighted by Crippen LogP contribution is 2.26. The quantitative estimate of drug-likeness (QED) is 0.636. The first kappa shape index (κ1) is 18.9. The number of hydrogen-bond acceptors (Lipinski definition) is 4. The van der Waals surface area contributed by atoms with Crippen LogP contribution in [0.4, 0.5) is 5.69 Å². The fourth-order valence-electron chi connectivity index (χ4n) is 2.96. The van der Waals surface area contributed by atoms with Gasteiger partial charge in [0, 0.05) is 11.1 Å². The molecule has 0 saturated carbocycles. The third kappa shape index (κ3) is 4.29. The molecular formula is C22H21N3OS. The van der Waals surface area contributed by atoms with Crippen molar-refractivity contribution in [1.29, 1.82) is 5.26 Å². The maximum absolute atomic E-state index is 12.5. The SMILES string of the molecule is CCc1cccc(C)c1NC(=O)CSc1nc2cc(C)ccc2cc1C#N. The molecule has 27 heavy (non-hydrogen) atoms. The third-order valence-electron chi connectivity index (χ3n) is 4.40. The lowest BCUT2D eigenvalue weighted by Gasteiger charge is -2.13. The number of hydrogen-bond donors (Lipinski definition) is 1. The van der Waals surface area contributed by atoms with Crippen molar-refractivity contribution >= 4 is 34.3 Å². The first-order valence-electron chi connectivity index (χ1n) is 8.84. The van der Waals surface area contributed by atoms with Crippen LogP contribution in [-0.2, 0) is 11.2 Å². The molecule has 0 aliphatic carbocycles. The summed E-state index contributed by atoms with van der Waals surface area (Å²) in [5.74, 6) is 0.107. The van der Waals surface area contributed by atoms with Gasteiger partial charge in [0.25, 0.3) is 0 Å². The summed E-state index contributed by atoms with van der Waals surface area (Å²) in [5.41, 5.74) is 5.49. The summed E-state index contributed by atoms with van der Waals surface area (Å²) in [4.78, 5) is 17.1. The van der Waals surface area contributed by atoms with Gasteiger partial charge in [-0.25, -0.2) is 4.98 Å². The molecule has 5 heteroatoms. The van der Waals surface area contributed by atoms with Crippen molar-refractivity contribution in [3.8, 4) is 6.07 Å². The number of fused-ring (bicyclic) bond motifs is 1. The van der Waals surface area contributed by atoms with E-state index in [1.165, 1.54) is 11.8 Å². The topological polar surface area (TPSA) is 65.8 Å². The number of carbonyl (C=O) groups is 1. The summed E-state index contributed by atoms with van der Waals surface area (Å²) in [6, 6.07) is 16.0. The van der Waals surface area contributed by atoms with E-state index in [4.69, 9.17) is 0 Å². The van der Waals surface area contributed by atoms with E-state index in [0.29, 0.717) is 10.6 Å². The summed E-state index contributed by atoms with van der Waals surface area (Å²) in [7, 11) is 0. The largest absolute Gasteiger partial charge is 0.325 e. The van der Waals surface area contributed by atoms with Gasteiger partial charge in [0.05, 0.1) is 16.8 Å². The Hall–Kier alpha value is -2.84. The highest BCUT2D eigenvalue weighted by molar-refractivity contribution is 8.00. The molecule has 1 aromatic heterocycles. The van der Waals surface area contributed by atoms with E-state index in [9.17, 15) is 10.1 Å². The van der Waals surface area contributed by atoms with Crippen molar-refractivity contribution in [3.63, 3.8) is 0 Å². The molecule has 0 aliphatic rings. The monoisotopic (exact) mass is 375 g/mol. The first-order valence-corrected chi connectivity index (χ1v) is 9.83. The van der Waals surface area contributed by atoms with Gasteiger partial charge in [-0.2, -0.15) is 5.26 Å². The average Bonchev–Trinajstić information content (AvgIpc) is 2.67. The molecule has 0 aliphatic heterocycles. The smallest absolute Gasteiger partial charge is 0.234 e. The van der Waals surface area contributed by atoms with Crippen LogP contribution in [0.5, 0.6) is 0 Å². The Morgan fingerprint density at radius 3 is 2.78 bits per heavy atom. The number of carbonyl (C=O) groups excluding carboxylic acids is 1. The van der Waals surface area contributed by atoms with Crippen molar-refractivity contribution < 1.29 is 4.79 Å². The van der Waals surface area contributed by atoms with Crippen molar-refractivity contribution in [2.24, 2.45) is 0 Å². The van der Waals surface area contributed by atoms with Crippen LogP contribution in [0.3, 0.4) is 0 Å². The van der Waals surface area contributed by atoms with Crippen LogP contribution < -0.4 is 5.32 Å². The van der Waals surface area contributed by atoms with Gasteiger partial charge in [-0.15, -0.1) is 0 Å². The molecule has 4 nitrogen and oxygen atoms in total. The number of rotatable bonds is 5. The fourth-order valence-corrected chi connectivity index (χ4v) is 3.72. The van der Waals surface area contributed by atoms with Gasteiger partial charge in [0.15, 0.2) is 0 Å². The molecule has 0 fully saturated rings. The Balaban J connectivity index is 1.78. The Labute approximate surface area is 163 Å². The molecule has 1 N–H and O–H groups in total. The molecular weight excluding hydrogens is 354 g/mol. The van der Waals surface area contributed by atoms with Gasteiger partial charge in [-0.3, -0.25) is 4.79 Å². The lowest BCUT2D eigenvalue weighted by Crippen LogP contribution is -2.16. The van der Waals surface area contributed by atoms with Crippen molar-refractivity contribution in [2.75, 3.05) is 11.1 Å². The van der Waals surface area contributed by atoms with Crippen LogP contribution in [0, 0.1) is 25.2 Å². The highest BCUT2D eigenvalue weighted by Gasteiger charge is 2.12. The number of nitrogens with zero attached hydrogens (tertiary/aromatic N) is 2. The zero-order chi connectivity index (χ0) is 19.4. The minimum Gasteiger partial charge on any atom is -0.325 e. The molecule has 2 aromatic carbocycles. The van der Waals surface area contributed by atoms with Crippen molar-refractivity contribution in [3.05, 3.63) is 64.7 Å². The predicted molar refractivity (Wildman–Crippen MR) is 111 cm³/mol. The molecule has 3 rings (SSSR count). The number of aromatic nitrogens is 1. The minimum atomic E-state index is -0.0981. The van der Waals surface area contributed by atoms with Crippen LogP contribution >= 0.6 is 11.8 Å². The lowest BCUT2D eigenvalue weighted by molar-refractivity contribution is -0.113. The van der Waals surface area contributed by atoms with E-state index in [0.717, 1.165) is 39.7 Å². The molecule has 0 bridgehead atoms. The summed E-state index contributed by atoms with van der Waals surface area (Å²) < 4.78 is 0. The van der Waals surface area contributed by atoms with Crippen LogP contribution in [0.15, 0.2) is 47.5 Å². The molecule has 3 aromatic rings. The molecule has 1 heterocycles. The Morgan fingerprint density at radius 1 is 1.22 bits per heavy atom. The number of anilines is 1. The number of aryl methyl sites for hydroxylation is 3. The highest BCUT2D eigenvalue weighted by atomic mass is 32.2. The van der Waals surface area contributed by atoms with Gasteiger partial charge in [-0.05, 0) is 49.1 Å². The molecule has 0 saturated heterocycles. The number of benzene rings is 2. The van der Waals surface area contributed by atoms with Crippen LogP contribution in [0.2, 0.25) is 0 Å². The van der Waals surface area contributed by atoms with E-state index < -0.39 is 0 Å². The van der Waals surface area contributed by atoms with E-state index >= 15 is 0 Å². The summed E-state index contributed by atoms with van der Waals surface area (Å²) in [5, 5.41) is 14.0. The lowest BCUT2D eigenvalue weighted by atomic mass is 10.1. The molecule has 0 radical (unpaired) electrons. The molecule has 136 valence electrons. The predicted octanol–water partition coefficient (Wildman–Crippen LogP) is 5.02. The number of thioether (sulfide) groups is 1. The maximum atomic E-state index is 12.5. The molecule has 0 unspecified atom stereocenters. The van der Waals surface area contributed by atoms with Crippen molar-refractivity contribution in [2.45, 2.75) is 32.2 Å². The van der Waals surface area contributed by atoms with Gasteiger partial charge in [-0.1, -0.05) is 49.0 Å². The average molecular weight is 375 g/mol. The van der Waals surface area contributed by atoms with Gasteiger partial charge in [0.2, 0.25) is 5.91 Å². The van der Waals surface area contributed by atoms with E-state index in [1.807, 2.05) is 56.3 Å². The molecule has 1 amide bonds. The Bertz CT molecular complexity index is 1050. The van der Waals surface area contributed by atoms with Crippen molar-refractivity contribution in [1.82, 2.24) is 4.98 Å². The number of pyridine rings is 1. The Kier molecular flexibility index (Phi) is 5.78. The van der Waals surface area contributed by atoms with E-state index in [1.54, 1.807) is 0 Å². The van der Waals surface area contributed by atoms with Crippen LogP contribution in [-0.4, -0.2) is 16.6 Å². The minimum absolute atomic E-state index is 0.0981. The van der Waals surface area contributed by atoms with Gasteiger partial charge >= 0.3 is 0 Å². The Morgan fingerprint density at radius 2 is 2.04 bits per heavy atom. The number of para-hydroxylation sites is 1. The third-order valence-corrected chi connectivity index (χ3v) is 5.39. The number of amides is 1. The standard InChI is InChI=1S/C22H21N3OS/c1-4-16-7-5-6-15(3)21(16)25-20(26)13-27-22-18(12-23)11-17-9-8-14(2)10-19(17)24-22/h5-11H,4,13H2,1-3H3,(H,25,26). The second kappa shape index (κ2) is 8.24. The number of nitrogens with one attached hydrogen (secondary N) is 1.